The second-order valence-corrected chi connectivity index (χ2v) is 12.0. The van der Waals surface area contributed by atoms with E-state index in [-0.39, 0.29) is 47.9 Å². The van der Waals surface area contributed by atoms with E-state index in [4.69, 9.17) is 9.15 Å². The fourth-order valence-corrected chi connectivity index (χ4v) is 6.40. The molecule has 0 aliphatic carbocycles. The molecule has 2 fully saturated rings. The number of ether oxygens (including phenoxy) is 1. The number of hydrogen-bond acceptors (Lipinski definition) is 7. The molecule has 6 rings (SSSR count). The number of nitrogens with zero attached hydrogens (tertiary/aromatic N) is 2. The first-order chi connectivity index (χ1) is 22.6. The number of alkyl halides is 3. The highest BCUT2D eigenvalue weighted by Gasteiger charge is 2.35. The van der Waals surface area contributed by atoms with Gasteiger partial charge in [0.05, 0.1) is 17.6 Å². The zero-order chi connectivity index (χ0) is 33.1. The third-order valence-corrected chi connectivity index (χ3v) is 8.76. The van der Waals surface area contributed by atoms with Crippen molar-refractivity contribution in [2.45, 2.75) is 51.2 Å². The number of fused-ring (bicyclic) bond motifs is 3. The highest BCUT2D eigenvalue weighted by molar-refractivity contribution is 6.08. The Hall–Kier alpha value is -4.58. The van der Waals surface area contributed by atoms with E-state index in [1.165, 1.54) is 12.1 Å². The van der Waals surface area contributed by atoms with Crippen molar-refractivity contribution in [1.29, 1.82) is 0 Å². The maximum absolute atomic E-state index is 13.9. The van der Waals surface area contributed by atoms with Gasteiger partial charge in [-0.3, -0.25) is 9.59 Å². The smallest absolute Gasteiger partial charge is 0.420 e. The third kappa shape index (κ3) is 7.22. The van der Waals surface area contributed by atoms with Crippen LogP contribution in [0, 0.1) is 0 Å². The lowest BCUT2D eigenvalue weighted by Crippen LogP contribution is -2.43. The zero-order valence-electron chi connectivity index (χ0n) is 26.1. The maximum atomic E-state index is 13.9. The Balaban J connectivity index is 1.12. The number of benzene rings is 3. The van der Waals surface area contributed by atoms with E-state index in [0.717, 1.165) is 38.5 Å². The molecule has 248 valence electrons. The molecule has 47 heavy (non-hydrogen) atoms. The number of carbonyl (C=O) groups is 2. The van der Waals surface area contributed by atoms with Crippen LogP contribution in [0.2, 0.25) is 0 Å². The van der Waals surface area contributed by atoms with Crippen LogP contribution in [0.3, 0.4) is 0 Å². The summed E-state index contributed by atoms with van der Waals surface area (Å²) in [6, 6.07) is 13.6. The monoisotopic (exact) mass is 650 g/mol. The first kappa shape index (κ1) is 32.4. The van der Waals surface area contributed by atoms with Crippen LogP contribution < -0.4 is 25.9 Å². The van der Waals surface area contributed by atoms with E-state index in [0.29, 0.717) is 53.3 Å². The lowest BCUT2D eigenvalue weighted by atomic mass is 10.0. The van der Waals surface area contributed by atoms with Gasteiger partial charge in [-0.1, -0.05) is 6.07 Å². The number of carbonyl (C=O) groups excluding carboxylic acids is 2. The normalized spacial score (nSPS) is 17.4. The molecular weight excluding hydrogens is 613 g/mol. The van der Waals surface area contributed by atoms with Gasteiger partial charge < -0.3 is 29.6 Å². The molecule has 0 bridgehead atoms. The molecule has 4 aromatic rings. The zero-order valence-corrected chi connectivity index (χ0v) is 26.1. The Morgan fingerprint density at radius 3 is 2.51 bits per heavy atom. The lowest BCUT2D eigenvalue weighted by Gasteiger charge is -2.33. The Bertz CT molecular complexity index is 1850. The van der Waals surface area contributed by atoms with Crippen molar-refractivity contribution < 1.29 is 31.9 Å². The number of nitrogens with one attached hydrogen (secondary N) is 2. The van der Waals surface area contributed by atoms with Gasteiger partial charge in [0, 0.05) is 59.8 Å². The fourth-order valence-electron chi connectivity index (χ4n) is 6.40. The predicted molar refractivity (Wildman–Crippen MR) is 174 cm³/mol. The number of amides is 2. The van der Waals surface area contributed by atoms with Crippen molar-refractivity contribution in [3.63, 3.8) is 0 Å². The molecule has 0 saturated carbocycles. The number of likely N-dealkylation sites (tertiary alicyclic amines) is 1. The van der Waals surface area contributed by atoms with Gasteiger partial charge in [-0.2, -0.15) is 13.2 Å². The van der Waals surface area contributed by atoms with Crippen molar-refractivity contribution in [3.05, 3.63) is 76.1 Å². The first-order valence-corrected chi connectivity index (χ1v) is 16.0. The van der Waals surface area contributed by atoms with Crippen molar-refractivity contribution in [3.8, 4) is 5.75 Å². The molecule has 1 atom stereocenters. The molecule has 2 aliphatic rings. The molecule has 1 aromatic heterocycles. The average molecular weight is 651 g/mol. The summed E-state index contributed by atoms with van der Waals surface area (Å²) < 4.78 is 52.9. The van der Waals surface area contributed by atoms with E-state index in [1.54, 1.807) is 41.3 Å². The average Bonchev–Trinajstić information content (AvgIpc) is 3.57. The van der Waals surface area contributed by atoms with E-state index in [2.05, 4.69) is 15.5 Å². The molecule has 2 N–H and O–H groups in total. The number of halogens is 3. The molecule has 12 heteroatoms. The standard InChI is InChI=1S/C35H37F3N4O5/c1-2-39-33(44)22-6-9-27-26-10-8-25(21-28(26)34(45)47-31(27)18-22)42-16-12-24(20-32(42)43)40-23-7-11-30(29(19-23)35(36,37)38)46-17-5-15-41-13-3-4-14-41/h6-11,18-19,21,24,40H,2-5,12-17,20H2,1H3,(H,39,44). The van der Waals surface area contributed by atoms with Gasteiger partial charge >= 0.3 is 11.8 Å². The highest BCUT2D eigenvalue weighted by Crippen LogP contribution is 2.38. The summed E-state index contributed by atoms with van der Waals surface area (Å²) in [5.41, 5.74) is 0.00689. The van der Waals surface area contributed by atoms with Gasteiger partial charge in [-0.15, -0.1) is 0 Å². The summed E-state index contributed by atoms with van der Waals surface area (Å²) in [6.45, 7) is 5.64. The summed E-state index contributed by atoms with van der Waals surface area (Å²) >= 11 is 0. The van der Waals surface area contributed by atoms with Crippen molar-refractivity contribution in [2.75, 3.05) is 49.5 Å². The molecule has 2 aliphatic heterocycles. The van der Waals surface area contributed by atoms with Gasteiger partial charge in [0.2, 0.25) is 5.91 Å². The number of rotatable bonds is 10. The second kappa shape index (κ2) is 13.6. The van der Waals surface area contributed by atoms with Gasteiger partial charge in [0.15, 0.2) is 0 Å². The summed E-state index contributed by atoms with van der Waals surface area (Å²) in [5, 5.41) is 7.41. The van der Waals surface area contributed by atoms with E-state index < -0.39 is 17.4 Å². The van der Waals surface area contributed by atoms with Gasteiger partial charge in [-0.05, 0) is 94.2 Å². The Kier molecular flexibility index (Phi) is 9.40. The van der Waals surface area contributed by atoms with Crippen LogP contribution in [0.4, 0.5) is 24.5 Å². The Labute approximate surface area is 269 Å². The minimum absolute atomic E-state index is 0.0586. The molecule has 3 heterocycles. The molecule has 9 nitrogen and oxygen atoms in total. The number of hydrogen-bond donors (Lipinski definition) is 2. The SMILES string of the molecule is CCNC(=O)c1ccc2c(c1)oc(=O)c1cc(N3CCC(Nc4ccc(OCCCN5CCCC5)c(C(F)(F)F)c4)CC3=O)ccc12. The van der Waals surface area contributed by atoms with Crippen LogP contribution in [-0.4, -0.2) is 62.1 Å². The minimum Gasteiger partial charge on any atom is -0.493 e. The summed E-state index contributed by atoms with van der Waals surface area (Å²) in [7, 11) is 0. The molecule has 2 amide bonds. The fraction of sp³-hybridized carbons (Fsp3) is 0.400. The van der Waals surface area contributed by atoms with Crippen molar-refractivity contribution >= 4 is 44.9 Å². The molecule has 0 radical (unpaired) electrons. The first-order valence-electron chi connectivity index (χ1n) is 16.0. The maximum Gasteiger partial charge on any atom is 0.420 e. The lowest BCUT2D eigenvalue weighted by molar-refractivity contribution is -0.139. The van der Waals surface area contributed by atoms with Crippen LogP contribution in [0.15, 0.2) is 63.8 Å². The van der Waals surface area contributed by atoms with Gasteiger partial charge in [0.1, 0.15) is 11.3 Å². The molecule has 2 saturated heterocycles. The van der Waals surface area contributed by atoms with Crippen LogP contribution in [0.1, 0.15) is 54.9 Å². The summed E-state index contributed by atoms with van der Waals surface area (Å²) in [5.74, 6) is -0.695. The number of anilines is 2. The van der Waals surface area contributed by atoms with Gasteiger partial charge in [0.25, 0.3) is 5.91 Å². The second-order valence-electron chi connectivity index (χ2n) is 12.0. The predicted octanol–water partition coefficient (Wildman–Crippen LogP) is 6.19. The summed E-state index contributed by atoms with van der Waals surface area (Å²) in [4.78, 5) is 42.3. The van der Waals surface area contributed by atoms with Crippen molar-refractivity contribution in [2.24, 2.45) is 0 Å². The Morgan fingerprint density at radius 2 is 1.77 bits per heavy atom. The third-order valence-electron chi connectivity index (χ3n) is 8.76. The van der Waals surface area contributed by atoms with Crippen LogP contribution in [-0.2, 0) is 11.0 Å². The van der Waals surface area contributed by atoms with Crippen LogP contribution >= 0.6 is 0 Å². The van der Waals surface area contributed by atoms with E-state index in [1.807, 2.05) is 6.92 Å². The largest absolute Gasteiger partial charge is 0.493 e. The van der Waals surface area contributed by atoms with E-state index >= 15 is 0 Å². The van der Waals surface area contributed by atoms with Gasteiger partial charge in [-0.25, -0.2) is 4.79 Å². The van der Waals surface area contributed by atoms with E-state index in [9.17, 15) is 27.6 Å². The topological polar surface area (TPSA) is 104 Å². The quantitative estimate of drug-likeness (QED) is 0.120. The molecule has 0 spiro atoms. The molecular formula is C35H37F3N4O5. The Morgan fingerprint density at radius 1 is 0.979 bits per heavy atom. The summed E-state index contributed by atoms with van der Waals surface area (Å²) in [6.07, 6.45) is -1.10. The molecule has 3 aromatic carbocycles. The van der Waals surface area contributed by atoms with Crippen LogP contribution in [0.25, 0.3) is 21.7 Å². The highest BCUT2D eigenvalue weighted by atomic mass is 19.4. The minimum atomic E-state index is -4.60. The van der Waals surface area contributed by atoms with Crippen molar-refractivity contribution in [1.82, 2.24) is 10.2 Å². The van der Waals surface area contributed by atoms with Crippen LogP contribution in [0.5, 0.6) is 5.75 Å². The molecule has 1 unspecified atom stereocenters. The number of piperidine rings is 1.